The number of fused-ring (bicyclic) bond motifs is 1. The number of carbonyl (C=O) groups is 1. The second-order valence-electron chi connectivity index (χ2n) is 6.07. The first-order valence-corrected chi connectivity index (χ1v) is 8.90. The molecule has 1 aromatic heterocycles. The quantitative estimate of drug-likeness (QED) is 0.491. The number of unbranched alkanes of at least 4 members (excludes halogenated alkanes) is 1. The minimum absolute atomic E-state index is 0.172. The molecular formula is C22H21NO4. The van der Waals surface area contributed by atoms with Crippen molar-refractivity contribution < 1.29 is 13.9 Å². The van der Waals surface area contributed by atoms with Gasteiger partial charge in [0.05, 0.1) is 17.6 Å². The lowest BCUT2D eigenvalue weighted by Gasteiger charge is -2.07. The van der Waals surface area contributed by atoms with Gasteiger partial charge in [-0.15, -0.1) is 0 Å². The van der Waals surface area contributed by atoms with Gasteiger partial charge >= 0.3 is 0 Å². The molecule has 1 amide bonds. The molecule has 3 aromatic rings. The second-order valence-corrected chi connectivity index (χ2v) is 6.07. The zero-order valence-electron chi connectivity index (χ0n) is 15.1. The highest BCUT2D eigenvalue weighted by Crippen LogP contribution is 2.16. The monoisotopic (exact) mass is 363 g/mol. The van der Waals surface area contributed by atoms with Crippen LogP contribution < -0.4 is 15.5 Å². The van der Waals surface area contributed by atoms with E-state index < -0.39 is 0 Å². The molecule has 5 heteroatoms. The van der Waals surface area contributed by atoms with E-state index in [4.69, 9.17) is 9.15 Å². The summed E-state index contributed by atoms with van der Waals surface area (Å²) in [6, 6.07) is 14.2. The number of para-hydroxylation sites is 1. The third kappa shape index (κ3) is 4.85. The van der Waals surface area contributed by atoms with Crippen molar-refractivity contribution in [2.75, 3.05) is 11.9 Å². The summed E-state index contributed by atoms with van der Waals surface area (Å²) in [7, 11) is 0. The maximum atomic E-state index is 12.4. The molecular weight excluding hydrogens is 342 g/mol. The molecule has 0 radical (unpaired) electrons. The van der Waals surface area contributed by atoms with Gasteiger partial charge in [0.15, 0.2) is 5.43 Å². The molecule has 0 unspecified atom stereocenters. The molecule has 1 heterocycles. The maximum absolute atomic E-state index is 12.4. The molecule has 2 aromatic carbocycles. The molecule has 0 fully saturated rings. The normalized spacial score (nSPS) is 11.0. The Morgan fingerprint density at radius 1 is 1.15 bits per heavy atom. The molecule has 0 bridgehead atoms. The van der Waals surface area contributed by atoms with Crippen LogP contribution in [0.25, 0.3) is 17.0 Å². The van der Waals surface area contributed by atoms with Gasteiger partial charge in [-0.1, -0.05) is 25.5 Å². The number of hydrogen-bond acceptors (Lipinski definition) is 4. The highest BCUT2D eigenvalue weighted by molar-refractivity contribution is 6.02. The SMILES string of the molecule is CCCCOc1ccc(NC(=O)/C=C/c2coc3ccccc3c2=O)cc1. The number of hydrogen-bond donors (Lipinski definition) is 1. The lowest BCUT2D eigenvalue weighted by molar-refractivity contribution is -0.111. The van der Waals surface area contributed by atoms with Crippen molar-refractivity contribution in [1.82, 2.24) is 0 Å². The summed E-state index contributed by atoms with van der Waals surface area (Å²) < 4.78 is 11.0. The Morgan fingerprint density at radius 3 is 2.70 bits per heavy atom. The predicted molar refractivity (Wildman–Crippen MR) is 107 cm³/mol. The maximum Gasteiger partial charge on any atom is 0.248 e. The molecule has 5 nitrogen and oxygen atoms in total. The number of anilines is 1. The largest absolute Gasteiger partial charge is 0.494 e. The second kappa shape index (κ2) is 8.85. The molecule has 3 rings (SSSR count). The highest BCUT2D eigenvalue weighted by atomic mass is 16.5. The molecule has 27 heavy (non-hydrogen) atoms. The third-order valence-electron chi connectivity index (χ3n) is 4.01. The number of amides is 1. The smallest absolute Gasteiger partial charge is 0.248 e. The summed E-state index contributed by atoms with van der Waals surface area (Å²) in [5, 5.41) is 3.23. The summed E-state index contributed by atoms with van der Waals surface area (Å²) in [4.78, 5) is 24.5. The molecule has 0 aliphatic heterocycles. The number of ether oxygens (including phenoxy) is 1. The average molecular weight is 363 g/mol. The van der Waals surface area contributed by atoms with Crippen molar-refractivity contribution in [1.29, 1.82) is 0 Å². The lowest BCUT2D eigenvalue weighted by atomic mass is 10.1. The molecule has 0 saturated heterocycles. The standard InChI is InChI=1S/C22H21NO4/c1-2-3-14-26-18-11-9-17(10-12-18)23-21(24)13-8-16-15-27-20-7-5-4-6-19(20)22(16)25/h4-13,15H,2-3,14H2,1H3,(H,23,24)/b13-8+. The van der Waals surface area contributed by atoms with Gasteiger partial charge in [0.25, 0.3) is 0 Å². The van der Waals surface area contributed by atoms with Gasteiger partial charge in [-0.05, 0) is 48.9 Å². The molecule has 138 valence electrons. The van der Waals surface area contributed by atoms with Crippen molar-refractivity contribution in [2.45, 2.75) is 19.8 Å². The van der Waals surface area contributed by atoms with Gasteiger partial charge in [0, 0.05) is 11.8 Å². The van der Waals surface area contributed by atoms with E-state index in [2.05, 4.69) is 12.2 Å². The van der Waals surface area contributed by atoms with Crippen LogP contribution in [0.1, 0.15) is 25.3 Å². The van der Waals surface area contributed by atoms with Crippen molar-refractivity contribution in [3.05, 3.63) is 76.7 Å². The van der Waals surface area contributed by atoms with Crippen LogP contribution in [0, 0.1) is 0 Å². The van der Waals surface area contributed by atoms with Gasteiger partial charge in [-0.2, -0.15) is 0 Å². The number of nitrogens with one attached hydrogen (secondary N) is 1. The van der Waals surface area contributed by atoms with Gasteiger partial charge in [-0.25, -0.2) is 0 Å². The van der Waals surface area contributed by atoms with E-state index in [-0.39, 0.29) is 11.3 Å². The van der Waals surface area contributed by atoms with Crippen LogP contribution >= 0.6 is 0 Å². The Kier molecular flexibility index (Phi) is 6.05. The van der Waals surface area contributed by atoms with Gasteiger partial charge in [0.2, 0.25) is 5.91 Å². The molecule has 0 saturated carbocycles. The Morgan fingerprint density at radius 2 is 1.93 bits per heavy atom. The Labute approximate surface area is 157 Å². The molecule has 0 aliphatic rings. The summed E-state index contributed by atoms with van der Waals surface area (Å²) in [5.74, 6) is 0.438. The first-order chi connectivity index (χ1) is 13.2. The van der Waals surface area contributed by atoms with E-state index in [1.54, 1.807) is 36.4 Å². The van der Waals surface area contributed by atoms with Crippen LogP contribution in [-0.4, -0.2) is 12.5 Å². The zero-order valence-corrected chi connectivity index (χ0v) is 15.1. The van der Waals surface area contributed by atoms with Gasteiger partial charge in [-0.3, -0.25) is 9.59 Å². The van der Waals surface area contributed by atoms with E-state index >= 15 is 0 Å². The number of benzene rings is 2. The minimum atomic E-state index is -0.331. The molecule has 0 spiro atoms. The van der Waals surface area contributed by atoms with Crippen molar-refractivity contribution in [2.24, 2.45) is 0 Å². The van der Waals surface area contributed by atoms with E-state index in [9.17, 15) is 9.59 Å². The van der Waals surface area contributed by atoms with E-state index in [1.807, 2.05) is 12.1 Å². The Hall–Kier alpha value is -3.34. The van der Waals surface area contributed by atoms with Crippen LogP contribution in [0.4, 0.5) is 5.69 Å². The molecule has 0 aliphatic carbocycles. The van der Waals surface area contributed by atoms with Crippen LogP contribution in [0.3, 0.4) is 0 Å². The van der Waals surface area contributed by atoms with E-state index in [1.165, 1.54) is 18.4 Å². The van der Waals surface area contributed by atoms with Gasteiger partial charge < -0.3 is 14.5 Å². The number of rotatable bonds is 7. The fourth-order valence-electron chi connectivity index (χ4n) is 2.53. The molecule has 1 N–H and O–H groups in total. The van der Waals surface area contributed by atoms with E-state index in [0.717, 1.165) is 18.6 Å². The zero-order chi connectivity index (χ0) is 19.1. The Bertz CT molecular complexity index is 1000. The van der Waals surface area contributed by atoms with Gasteiger partial charge in [0.1, 0.15) is 17.6 Å². The first-order valence-electron chi connectivity index (χ1n) is 8.90. The lowest BCUT2D eigenvalue weighted by Crippen LogP contribution is -2.09. The van der Waals surface area contributed by atoms with Crippen LogP contribution in [-0.2, 0) is 4.79 Å². The highest BCUT2D eigenvalue weighted by Gasteiger charge is 2.05. The predicted octanol–water partition coefficient (Wildman–Crippen LogP) is 4.62. The Balaban J connectivity index is 1.64. The topological polar surface area (TPSA) is 68.5 Å². The minimum Gasteiger partial charge on any atom is -0.494 e. The third-order valence-corrected chi connectivity index (χ3v) is 4.01. The van der Waals surface area contributed by atoms with Crippen molar-refractivity contribution in [3.8, 4) is 5.75 Å². The summed E-state index contributed by atoms with van der Waals surface area (Å²) in [6.07, 6.45) is 6.21. The van der Waals surface area contributed by atoms with E-state index in [0.29, 0.717) is 28.8 Å². The summed E-state index contributed by atoms with van der Waals surface area (Å²) >= 11 is 0. The summed E-state index contributed by atoms with van der Waals surface area (Å²) in [6.45, 7) is 2.79. The summed E-state index contributed by atoms with van der Waals surface area (Å²) in [5.41, 5.74) is 1.32. The van der Waals surface area contributed by atoms with Crippen LogP contribution in [0.5, 0.6) is 5.75 Å². The first kappa shape index (κ1) is 18.5. The fourth-order valence-corrected chi connectivity index (χ4v) is 2.53. The van der Waals surface area contributed by atoms with Crippen LogP contribution in [0.15, 0.2) is 70.1 Å². The molecule has 0 atom stereocenters. The average Bonchev–Trinajstić information content (AvgIpc) is 2.69. The van der Waals surface area contributed by atoms with Crippen molar-refractivity contribution in [3.63, 3.8) is 0 Å². The number of carbonyl (C=O) groups excluding carboxylic acids is 1. The van der Waals surface area contributed by atoms with Crippen molar-refractivity contribution >= 4 is 28.6 Å². The van der Waals surface area contributed by atoms with Crippen LogP contribution in [0.2, 0.25) is 0 Å². The fraction of sp³-hybridized carbons (Fsp3) is 0.182.